The van der Waals surface area contributed by atoms with Crippen LogP contribution in [0.2, 0.25) is 5.02 Å². The van der Waals surface area contributed by atoms with Crippen LogP contribution in [0.5, 0.6) is 0 Å². The summed E-state index contributed by atoms with van der Waals surface area (Å²) in [6, 6.07) is 4.60. The molecule has 7 heteroatoms. The average molecular weight is 342 g/mol. The van der Waals surface area contributed by atoms with Crippen molar-refractivity contribution in [2.45, 2.75) is 50.7 Å². The number of benzene rings is 1. The number of hydrogen-bond donors (Lipinski definition) is 3. The molecule has 0 aliphatic heterocycles. The van der Waals surface area contributed by atoms with Gasteiger partial charge in [0.05, 0.1) is 11.5 Å². The molecular weight excluding hydrogens is 322 g/mol. The zero-order valence-electron chi connectivity index (χ0n) is 13.2. The van der Waals surface area contributed by atoms with E-state index in [9.17, 15) is 19.8 Å². The van der Waals surface area contributed by atoms with E-state index < -0.39 is 29.2 Å². The summed E-state index contributed by atoms with van der Waals surface area (Å²) in [4.78, 5) is 23.7. The third-order valence-corrected chi connectivity index (χ3v) is 3.95. The number of aliphatic hydroxyl groups is 1. The van der Waals surface area contributed by atoms with Crippen molar-refractivity contribution >= 4 is 29.4 Å². The smallest absolute Gasteiger partial charge is 0.412 e. The highest BCUT2D eigenvalue weighted by molar-refractivity contribution is 6.30. The van der Waals surface area contributed by atoms with Gasteiger partial charge < -0.3 is 14.9 Å². The number of carbonyl (C=O) groups is 2. The first kappa shape index (κ1) is 17.6. The van der Waals surface area contributed by atoms with Crippen LogP contribution >= 0.6 is 11.6 Å². The Morgan fingerprint density at radius 1 is 1.35 bits per heavy atom. The van der Waals surface area contributed by atoms with Gasteiger partial charge in [-0.3, -0.25) is 10.1 Å². The fourth-order valence-corrected chi connectivity index (χ4v) is 2.86. The summed E-state index contributed by atoms with van der Waals surface area (Å²) < 4.78 is 5.19. The van der Waals surface area contributed by atoms with E-state index in [0.717, 1.165) is 0 Å². The number of carboxylic acids is 1. The molecule has 0 spiro atoms. The Morgan fingerprint density at radius 3 is 2.43 bits per heavy atom. The monoisotopic (exact) mass is 341 g/mol. The maximum atomic E-state index is 12.0. The molecule has 1 aliphatic rings. The highest BCUT2D eigenvalue weighted by atomic mass is 35.5. The van der Waals surface area contributed by atoms with Crippen LogP contribution in [0.3, 0.4) is 0 Å². The Hall–Kier alpha value is -1.79. The summed E-state index contributed by atoms with van der Waals surface area (Å²) in [5, 5.41) is 22.1. The van der Waals surface area contributed by atoms with E-state index in [4.69, 9.17) is 16.3 Å². The molecule has 1 fully saturated rings. The van der Waals surface area contributed by atoms with Crippen molar-refractivity contribution in [2.75, 3.05) is 5.32 Å². The number of halogens is 1. The molecule has 6 nitrogen and oxygen atoms in total. The van der Waals surface area contributed by atoms with Crippen LogP contribution in [0.4, 0.5) is 10.5 Å². The Kier molecular flexibility index (Phi) is 4.59. The number of carbonyl (C=O) groups excluding carboxylic acids is 1. The second-order valence-electron chi connectivity index (χ2n) is 6.77. The van der Waals surface area contributed by atoms with E-state index >= 15 is 0 Å². The maximum absolute atomic E-state index is 12.0. The normalized spacial score (nSPS) is 23.8. The molecule has 0 saturated heterocycles. The minimum atomic E-state index is -1.26. The minimum Gasteiger partial charge on any atom is -0.481 e. The van der Waals surface area contributed by atoms with Gasteiger partial charge in [-0.15, -0.1) is 0 Å². The van der Waals surface area contributed by atoms with E-state index in [2.05, 4.69) is 5.32 Å². The second-order valence-corrected chi connectivity index (χ2v) is 7.20. The number of carboxylic acid groups (broad SMARTS) is 1. The Balaban J connectivity index is 2.35. The van der Waals surface area contributed by atoms with Gasteiger partial charge >= 0.3 is 12.1 Å². The zero-order chi connectivity index (χ0) is 17.4. The molecule has 126 valence electrons. The zero-order valence-corrected chi connectivity index (χ0v) is 14.0. The molecule has 2 rings (SSSR count). The van der Waals surface area contributed by atoms with Crippen molar-refractivity contribution in [1.29, 1.82) is 0 Å². The lowest BCUT2D eigenvalue weighted by molar-refractivity contribution is -0.152. The number of rotatable bonds is 3. The number of ether oxygens (including phenoxy) is 1. The van der Waals surface area contributed by atoms with Crippen molar-refractivity contribution in [3.63, 3.8) is 0 Å². The largest absolute Gasteiger partial charge is 0.481 e. The lowest BCUT2D eigenvalue weighted by Gasteiger charge is -2.43. The molecule has 3 N–H and O–H groups in total. The topological polar surface area (TPSA) is 95.9 Å². The van der Waals surface area contributed by atoms with Crippen molar-refractivity contribution < 1.29 is 24.5 Å². The average Bonchev–Trinajstić information content (AvgIpc) is 2.34. The van der Waals surface area contributed by atoms with Crippen LogP contribution in [0.25, 0.3) is 0 Å². The number of anilines is 1. The van der Waals surface area contributed by atoms with Crippen LogP contribution in [0.15, 0.2) is 18.2 Å². The van der Waals surface area contributed by atoms with E-state index in [1.54, 1.807) is 26.8 Å². The van der Waals surface area contributed by atoms with Gasteiger partial charge in [0.2, 0.25) is 0 Å². The van der Waals surface area contributed by atoms with E-state index in [-0.39, 0.29) is 12.8 Å². The first-order valence-electron chi connectivity index (χ1n) is 7.25. The first-order chi connectivity index (χ1) is 10.5. The van der Waals surface area contributed by atoms with Crippen LogP contribution in [-0.2, 0) is 14.9 Å². The lowest BCUT2D eigenvalue weighted by Crippen LogP contribution is -2.51. The predicted molar refractivity (Wildman–Crippen MR) is 85.9 cm³/mol. The maximum Gasteiger partial charge on any atom is 0.412 e. The number of aliphatic hydroxyl groups excluding tert-OH is 1. The van der Waals surface area contributed by atoms with E-state index in [1.165, 1.54) is 12.1 Å². The van der Waals surface area contributed by atoms with E-state index in [0.29, 0.717) is 16.3 Å². The second kappa shape index (κ2) is 6.02. The summed E-state index contributed by atoms with van der Waals surface area (Å²) in [5.41, 5.74) is -1.24. The molecule has 23 heavy (non-hydrogen) atoms. The van der Waals surface area contributed by atoms with Gasteiger partial charge in [0.15, 0.2) is 0 Å². The van der Waals surface area contributed by atoms with Crippen LogP contribution in [0, 0.1) is 0 Å². The summed E-state index contributed by atoms with van der Waals surface area (Å²) >= 11 is 5.99. The summed E-state index contributed by atoms with van der Waals surface area (Å²) in [6.07, 6.45) is -1.21. The van der Waals surface area contributed by atoms with Crippen LogP contribution in [0.1, 0.15) is 39.2 Å². The Morgan fingerprint density at radius 2 is 1.96 bits per heavy atom. The standard InChI is InChI=1S/C16H20ClNO5/c1-15(2,3)23-14(22)18-12-5-4-9(17)6-11(12)16(13(20)21)7-10(19)8-16/h4-6,10,19H,7-8H2,1-3H3,(H,18,22)(H,20,21). The van der Waals surface area contributed by atoms with Crippen molar-refractivity contribution in [1.82, 2.24) is 0 Å². The number of nitrogens with one attached hydrogen (secondary N) is 1. The minimum absolute atomic E-state index is 0.0751. The van der Waals surface area contributed by atoms with Gasteiger partial charge in [0.25, 0.3) is 0 Å². The van der Waals surface area contributed by atoms with Gasteiger partial charge in [-0.25, -0.2) is 4.79 Å². The molecular formula is C16H20ClNO5. The molecule has 0 aromatic heterocycles. The van der Waals surface area contributed by atoms with Crippen molar-refractivity contribution in [3.05, 3.63) is 28.8 Å². The van der Waals surface area contributed by atoms with Gasteiger partial charge in [-0.1, -0.05) is 11.6 Å². The molecule has 1 saturated carbocycles. The highest BCUT2D eigenvalue weighted by Gasteiger charge is 2.52. The highest BCUT2D eigenvalue weighted by Crippen LogP contribution is 2.47. The quantitative estimate of drug-likeness (QED) is 0.784. The van der Waals surface area contributed by atoms with E-state index in [1.807, 2.05) is 0 Å². The molecule has 0 atom stereocenters. The third-order valence-electron chi connectivity index (χ3n) is 3.71. The molecule has 1 aromatic rings. The Bertz CT molecular complexity index is 632. The van der Waals surface area contributed by atoms with Crippen molar-refractivity contribution in [2.24, 2.45) is 0 Å². The number of aliphatic carboxylic acids is 1. The Labute approximate surface area is 139 Å². The number of amides is 1. The number of hydrogen-bond acceptors (Lipinski definition) is 4. The first-order valence-corrected chi connectivity index (χ1v) is 7.63. The molecule has 1 amide bonds. The molecule has 1 aliphatic carbocycles. The lowest BCUT2D eigenvalue weighted by atomic mass is 9.62. The fraction of sp³-hybridized carbons (Fsp3) is 0.500. The molecule has 1 aromatic carbocycles. The van der Waals surface area contributed by atoms with Crippen LogP contribution < -0.4 is 5.32 Å². The van der Waals surface area contributed by atoms with Gasteiger partial charge in [-0.2, -0.15) is 0 Å². The van der Waals surface area contributed by atoms with Gasteiger partial charge in [0.1, 0.15) is 5.60 Å². The SMILES string of the molecule is CC(C)(C)OC(=O)Nc1ccc(Cl)cc1C1(C(=O)O)CC(O)C1. The summed E-state index contributed by atoms with van der Waals surface area (Å²) in [6.45, 7) is 5.20. The fourth-order valence-electron chi connectivity index (χ4n) is 2.69. The van der Waals surface area contributed by atoms with Gasteiger partial charge in [-0.05, 0) is 57.4 Å². The van der Waals surface area contributed by atoms with Crippen LogP contribution in [-0.4, -0.2) is 34.0 Å². The predicted octanol–water partition coefficient (Wildman–Crippen LogP) is 3.16. The molecule has 0 radical (unpaired) electrons. The third kappa shape index (κ3) is 3.76. The van der Waals surface area contributed by atoms with Gasteiger partial charge in [0, 0.05) is 10.7 Å². The molecule has 0 bridgehead atoms. The molecule has 0 unspecified atom stereocenters. The molecule has 0 heterocycles. The summed E-state index contributed by atoms with van der Waals surface area (Å²) in [7, 11) is 0. The van der Waals surface area contributed by atoms with Crippen molar-refractivity contribution in [3.8, 4) is 0 Å². The summed E-state index contributed by atoms with van der Waals surface area (Å²) in [5.74, 6) is -1.06.